The highest BCUT2D eigenvalue weighted by molar-refractivity contribution is 8.14. The maximum absolute atomic E-state index is 12.3. The van der Waals surface area contributed by atoms with Gasteiger partial charge in [-0.15, -0.1) is 0 Å². The number of fused-ring (bicyclic) bond motifs is 1. The van der Waals surface area contributed by atoms with Crippen LogP contribution in [0.5, 0.6) is 0 Å². The lowest BCUT2D eigenvalue weighted by atomic mass is 10.1. The molecular weight excluding hydrogens is 344 g/mol. The second-order valence-corrected chi connectivity index (χ2v) is 7.90. The number of carbonyl (C=O) groups is 2. The van der Waals surface area contributed by atoms with E-state index in [-0.39, 0.29) is 17.1 Å². The van der Waals surface area contributed by atoms with Gasteiger partial charge in [-0.05, 0) is 24.0 Å². The molecule has 4 rings (SSSR count). The Morgan fingerprint density at radius 2 is 1.65 bits per heavy atom. The van der Waals surface area contributed by atoms with E-state index in [0.717, 1.165) is 19.4 Å². The predicted octanol–water partition coefficient (Wildman–Crippen LogP) is 2.53. The first kappa shape index (κ1) is 17.3. The normalized spacial score (nSPS) is 21.2. The van der Waals surface area contributed by atoms with Crippen LogP contribution in [0.4, 0.5) is 0 Å². The van der Waals surface area contributed by atoms with Gasteiger partial charge in [-0.2, -0.15) is 0 Å². The minimum atomic E-state index is 0.00383. The van der Waals surface area contributed by atoms with Gasteiger partial charge in [0.1, 0.15) is 6.04 Å². The van der Waals surface area contributed by atoms with Crippen molar-refractivity contribution in [2.75, 3.05) is 18.8 Å². The molecule has 0 spiro atoms. The molecule has 2 atom stereocenters. The Labute approximate surface area is 158 Å². The lowest BCUT2D eigenvalue weighted by molar-refractivity contribution is -0.121. The van der Waals surface area contributed by atoms with Crippen molar-refractivity contribution in [3.8, 4) is 0 Å². The van der Waals surface area contributed by atoms with E-state index in [9.17, 15) is 9.59 Å². The van der Waals surface area contributed by atoms with Crippen molar-refractivity contribution in [2.45, 2.75) is 24.9 Å². The molecule has 1 heterocycles. The molecule has 0 bridgehead atoms. The van der Waals surface area contributed by atoms with Crippen molar-refractivity contribution < 1.29 is 9.59 Å². The Morgan fingerprint density at radius 1 is 1.00 bits per heavy atom. The van der Waals surface area contributed by atoms with Crippen molar-refractivity contribution in [2.24, 2.45) is 0 Å². The highest BCUT2D eigenvalue weighted by Gasteiger charge is 2.46. The summed E-state index contributed by atoms with van der Waals surface area (Å²) in [7, 11) is 0. The standard InChI is InChI=1S/C21H22N2O2S/c24-20(22-10-11-26-21(25)15-6-2-1-3-7-15)19-14-23(19)18-12-16-8-4-5-9-17(16)13-18/h1-9,18-19H,10-14H2,(H,22,24). The summed E-state index contributed by atoms with van der Waals surface area (Å²) in [5.74, 6) is 0.690. The Kier molecular flexibility index (Phi) is 5.09. The summed E-state index contributed by atoms with van der Waals surface area (Å²) in [6.07, 6.45) is 2.09. The van der Waals surface area contributed by atoms with Gasteiger partial charge < -0.3 is 5.32 Å². The summed E-state index contributed by atoms with van der Waals surface area (Å²) in [6.45, 7) is 1.37. The van der Waals surface area contributed by atoms with E-state index < -0.39 is 0 Å². The second-order valence-electron chi connectivity index (χ2n) is 6.84. The molecule has 1 fully saturated rings. The fourth-order valence-electron chi connectivity index (χ4n) is 3.65. The van der Waals surface area contributed by atoms with Gasteiger partial charge in [0.05, 0.1) is 0 Å². The molecule has 26 heavy (non-hydrogen) atoms. The Balaban J connectivity index is 1.17. The quantitative estimate of drug-likeness (QED) is 0.630. The van der Waals surface area contributed by atoms with Crippen LogP contribution in [0.25, 0.3) is 0 Å². The van der Waals surface area contributed by atoms with Crippen molar-refractivity contribution >= 4 is 22.8 Å². The number of rotatable bonds is 6. The average Bonchev–Trinajstić information content (AvgIpc) is 3.37. The zero-order chi connectivity index (χ0) is 17.9. The fourth-order valence-corrected chi connectivity index (χ4v) is 4.35. The number of benzene rings is 2. The highest BCUT2D eigenvalue weighted by atomic mass is 32.2. The summed E-state index contributed by atoms with van der Waals surface area (Å²) in [5.41, 5.74) is 3.54. The first-order chi connectivity index (χ1) is 12.7. The van der Waals surface area contributed by atoms with Crippen LogP contribution in [-0.4, -0.2) is 46.8 Å². The molecule has 2 aromatic rings. The largest absolute Gasteiger partial charge is 0.354 e. The van der Waals surface area contributed by atoms with Crippen LogP contribution < -0.4 is 5.32 Å². The van der Waals surface area contributed by atoms with Crippen LogP contribution in [0.2, 0.25) is 0 Å². The van der Waals surface area contributed by atoms with E-state index in [1.54, 1.807) is 0 Å². The van der Waals surface area contributed by atoms with Crippen LogP contribution >= 0.6 is 11.8 Å². The summed E-state index contributed by atoms with van der Waals surface area (Å²) < 4.78 is 0. The predicted molar refractivity (Wildman–Crippen MR) is 104 cm³/mol. The smallest absolute Gasteiger partial charge is 0.238 e. The molecule has 0 radical (unpaired) electrons. The van der Waals surface area contributed by atoms with Gasteiger partial charge in [0.15, 0.2) is 0 Å². The zero-order valence-electron chi connectivity index (χ0n) is 14.6. The molecule has 2 aliphatic rings. The maximum Gasteiger partial charge on any atom is 0.238 e. The molecule has 134 valence electrons. The molecule has 1 amide bonds. The first-order valence-electron chi connectivity index (χ1n) is 9.05. The minimum Gasteiger partial charge on any atom is -0.354 e. The average molecular weight is 366 g/mol. The van der Waals surface area contributed by atoms with E-state index in [1.165, 1.54) is 22.9 Å². The van der Waals surface area contributed by atoms with Crippen LogP contribution in [0.3, 0.4) is 0 Å². The van der Waals surface area contributed by atoms with Crippen LogP contribution in [0.15, 0.2) is 54.6 Å². The van der Waals surface area contributed by atoms with Gasteiger partial charge >= 0.3 is 0 Å². The third-order valence-corrected chi connectivity index (χ3v) is 6.00. The summed E-state index contributed by atoms with van der Waals surface area (Å²) in [6, 6.07) is 18.3. The van der Waals surface area contributed by atoms with Crippen LogP contribution in [0, 0.1) is 0 Å². The van der Waals surface area contributed by atoms with E-state index in [2.05, 4.69) is 34.5 Å². The van der Waals surface area contributed by atoms with E-state index >= 15 is 0 Å². The van der Waals surface area contributed by atoms with Crippen molar-refractivity contribution in [1.29, 1.82) is 0 Å². The molecule has 1 aliphatic carbocycles. The van der Waals surface area contributed by atoms with Crippen LogP contribution in [-0.2, 0) is 17.6 Å². The molecule has 1 aliphatic heterocycles. The Bertz CT molecular complexity index is 784. The van der Waals surface area contributed by atoms with Gasteiger partial charge in [-0.25, -0.2) is 0 Å². The van der Waals surface area contributed by atoms with Crippen molar-refractivity contribution in [1.82, 2.24) is 10.2 Å². The lowest BCUT2D eigenvalue weighted by Crippen LogP contribution is -2.34. The number of amides is 1. The molecule has 1 N–H and O–H groups in total. The second kappa shape index (κ2) is 7.64. The third-order valence-electron chi connectivity index (χ3n) is 5.10. The minimum absolute atomic E-state index is 0.00383. The van der Waals surface area contributed by atoms with Gasteiger partial charge in [0, 0.05) is 30.4 Å². The van der Waals surface area contributed by atoms with E-state index in [4.69, 9.17) is 0 Å². The van der Waals surface area contributed by atoms with Gasteiger partial charge in [-0.1, -0.05) is 66.4 Å². The number of hydrogen-bond donors (Lipinski definition) is 1. The zero-order valence-corrected chi connectivity index (χ0v) is 15.4. The molecule has 0 aromatic heterocycles. The fraction of sp³-hybridized carbons (Fsp3) is 0.333. The third kappa shape index (κ3) is 3.84. The number of carbonyl (C=O) groups excluding carboxylic acids is 2. The first-order valence-corrected chi connectivity index (χ1v) is 10.0. The Hall–Kier alpha value is -2.11. The number of hydrogen-bond acceptors (Lipinski definition) is 4. The summed E-state index contributed by atoms with van der Waals surface area (Å²) in [4.78, 5) is 26.6. The Morgan fingerprint density at radius 3 is 2.35 bits per heavy atom. The van der Waals surface area contributed by atoms with Gasteiger partial charge in [0.25, 0.3) is 0 Å². The summed E-state index contributed by atoms with van der Waals surface area (Å²) in [5, 5.41) is 3.02. The number of nitrogens with one attached hydrogen (secondary N) is 1. The molecule has 1 saturated heterocycles. The monoisotopic (exact) mass is 366 g/mol. The molecule has 4 nitrogen and oxygen atoms in total. The lowest BCUT2D eigenvalue weighted by Gasteiger charge is -2.12. The topological polar surface area (TPSA) is 49.2 Å². The molecule has 0 saturated carbocycles. The SMILES string of the molecule is O=C(SCCNC(=O)C1CN1C1Cc2ccccc2C1)c1ccccc1. The molecule has 2 aromatic carbocycles. The number of thioether (sulfide) groups is 1. The highest BCUT2D eigenvalue weighted by Crippen LogP contribution is 2.32. The van der Waals surface area contributed by atoms with Crippen LogP contribution in [0.1, 0.15) is 21.5 Å². The van der Waals surface area contributed by atoms with Gasteiger partial charge in [0.2, 0.25) is 11.0 Å². The molecule has 5 heteroatoms. The van der Waals surface area contributed by atoms with Gasteiger partial charge in [-0.3, -0.25) is 14.5 Å². The molecular formula is C21H22N2O2S. The van der Waals surface area contributed by atoms with E-state index in [1.807, 2.05) is 30.3 Å². The summed E-state index contributed by atoms with van der Waals surface area (Å²) >= 11 is 1.25. The van der Waals surface area contributed by atoms with Crippen molar-refractivity contribution in [3.63, 3.8) is 0 Å². The number of nitrogens with zero attached hydrogens (tertiary/aromatic N) is 1. The maximum atomic E-state index is 12.3. The molecule has 2 unspecified atom stereocenters. The van der Waals surface area contributed by atoms with E-state index in [0.29, 0.717) is 23.9 Å². The van der Waals surface area contributed by atoms with Crippen molar-refractivity contribution in [3.05, 3.63) is 71.3 Å².